The summed E-state index contributed by atoms with van der Waals surface area (Å²) in [5.74, 6) is -1.10. The molecule has 5 heteroatoms. The first-order valence-corrected chi connectivity index (χ1v) is 7.92. The number of nitrogens with zero attached hydrogens (tertiary/aromatic N) is 1. The molecule has 0 aliphatic carbocycles. The van der Waals surface area contributed by atoms with E-state index in [-0.39, 0.29) is 11.9 Å². The number of carbonyl (C=O) groups is 2. The van der Waals surface area contributed by atoms with Crippen LogP contribution in [0.2, 0.25) is 0 Å². The van der Waals surface area contributed by atoms with E-state index < -0.39 is 5.97 Å². The number of rotatable bonds is 6. The lowest BCUT2D eigenvalue weighted by molar-refractivity contribution is -0.131. The Bertz CT molecular complexity index is 763. The Morgan fingerprint density at radius 1 is 1.00 bits per heavy atom. The molecule has 0 fully saturated rings. The molecule has 2 aromatic carbocycles. The van der Waals surface area contributed by atoms with Gasteiger partial charge in [-0.05, 0) is 34.9 Å². The van der Waals surface area contributed by atoms with Crippen LogP contribution in [0.5, 0.6) is 0 Å². The first-order chi connectivity index (χ1) is 11.9. The van der Waals surface area contributed by atoms with Crippen molar-refractivity contribution in [3.63, 3.8) is 0 Å². The van der Waals surface area contributed by atoms with Gasteiger partial charge in [-0.1, -0.05) is 36.4 Å². The summed E-state index contributed by atoms with van der Waals surface area (Å²) < 4.78 is 0. The molecule has 1 atom stereocenters. The quantitative estimate of drug-likeness (QED) is 0.794. The van der Waals surface area contributed by atoms with Crippen LogP contribution in [0, 0.1) is 0 Å². The Morgan fingerprint density at radius 2 is 1.52 bits per heavy atom. The van der Waals surface area contributed by atoms with E-state index in [1.165, 1.54) is 13.0 Å². The van der Waals surface area contributed by atoms with Gasteiger partial charge in [0.1, 0.15) is 0 Å². The number of hydrogen-bond donors (Lipinski definition) is 2. The third kappa shape index (κ3) is 5.21. The van der Waals surface area contributed by atoms with E-state index in [1.807, 2.05) is 67.5 Å². The molecule has 1 amide bonds. The summed E-state index contributed by atoms with van der Waals surface area (Å²) in [6, 6.07) is 15.2. The van der Waals surface area contributed by atoms with Crippen molar-refractivity contribution >= 4 is 23.6 Å². The Labute approximate surface area is 147 Å². The van der Waals surface area contributed by atoms with E-state index in [2.05, 4.69) is 5.32 Å². The van der Waals surface area contributed by atoms with Crippen molar-refractivity contribution in [2.24, 2.45) is 0 Å². The minimum atomic E-state index is -0.985. The zero-order valence-corrected chi connectivity index (χ0v) is 14.6. The predicted octanol–water partition coefficient (Wildman–Crippen LogP) is 3.08. The highest BCUT2D eigenvalue weighted by Crippen LogP contribution is 2.25. The smallest absolute Gasteiger partial charge is 0.328 e. The second kappa shape index (κ2) is 8.15. The van der Waals surface area contributed by atoms with Crippen LogP contribution in [0.3, 0.4) is 0 Å². The second-order valence-electron chi connectivity index (χ2n) is 5.96. The van der Waals surface area contributed by atoms with Crippen LogP contribution in [0.25, 0.3) is 6.08 Å². The van der Waals surface area contributed by atoms with Crippen LogP contribution in [0.1, 0.15) is 29.7 Å². The largest absolute Gasteiger partial charge is 0.478 e. The molecule has 0 spiro atoms. The summed E-state index contributed by atoms with van der Waals surface area (Å²) in [6.07, 6.45) is 2.63. The van der Waals surface area contributed by atoms with E-state index in [9.17, 15) is 9.59 Å². The predicted molar refractivity (Wildman–Crippen MR) is 99.5 cm³/mol. The van der Waals surface area contributed by atoms with Crippen molar-refractivity contribution in [3.05, 3.63) is 71.3 Å². The van der Waals surface area contributed by atoms with Crippen LogP contribution in [-0.4, -0.2) is 31.1 Å². The van der Waals surface area contributed by atoms with Gasteiger partial charge in [-0.3, -0.25) is 4.79 Å². The topological polar surface area (TPSA) is 69.6 Å². The fourth-order valence-corrected chi connectivity index (χ4v) is 2.49. The molecule has 130 valence electrons. The molecule has 0 radical (unpaired) electrons. The Hall–Kier alpha value is -3.08. The zero-order valence-electron chi connectivity index (χ0n) is 14.6. The van der Waals surface area contributed by atoms with Crippen molar-refractivity contribution in [1.82, 2.24) is 5.32 Å². The average Bonchev–Trinajstić information content (AvgIpc) is 2.58. The summed E-state index contributed by atoms with van der Waals surface area (Å²) in [7, 11) is 3.95. The zero-order chi connectivity index (χ0) is 18.4. The summed E-state index contributed by atoms with van der Waals surface area (Å²) in [4.78, 5) is 24.2. The molecule has 0 saturated heterocycles. The second-order valence-corrected chi connectivity index (χ2v) is 5.96. The van der Waals surface area contributed by atoms with Gasteiger partial charge in [0.25, 0.3) is 0 Å². The third-order valence-corrected chi connectivity index (χ3v) is 3.78. The number of aliphatic carboxylic acids is 1. The highest BCUT2D eigenvalue weighted by Gasteiger charge is 2.15. The Balaban J connectivity index is 2.30. The number of carboxylic acids is 1. The molecule has 1 unspecified atom stereocenters. The molecule has 0 aliphatic heterocycles. The van der Waals surface area contributed by atoms with E-state index in [0.29, 0.717) is 0 Å². The highest BCUT2D eigenvalue weighted by molar-refractivity contribution is 5.85. The molecule has 0 aliphatic rings. The Kier molecular flexibility index (Phi) is 5.95. The molecule has 5 nitrogen and oxygen atoms in total. The van der Waals surface area contributed by atoms with E-state index in [4.69, 9.17) is 5.11 Å². The number of nitrogens with one attached hydrogen (secondary N) is 1. The van der Waals surface area contributed by atoms with Crippen LogP contribution in [-0.2, 0) is 9.59 Å². The highest BCUT2D eigenvalue weighted by atomic mass is 16.4. The molecule has 0 aromatic heterocycles. The van der Waals surface area contributed by atoms with Crippen LogP contribution in [0.15, 0.2) is 54.6 Å². The van der Waals surface area contributed by atoms with Gasteiger partial charge in [0, 0.05) is 32.8 Å². The first kappa shape index (κ1) is 18.3. The van der Waals surface area contributed by atoms with Gasteiger partial charge >= 0.3 is 5.97 Å². The van der Waals surface area contributed by atoms with Crippen molar-refractivity contribution in [3.8, 4) is 0 Å². The van der Waals surface area contributed by atoms with E-state index in [0.717, 1.165) is 28.5 Å². The first-order valence-electron chi connectivity index (χ1n) is 7.92. The molecular formula is C20H22N2O3. The lowest BCUT2D eigenvalue weighted by atomic mass is 9.97. The summed E-state index contributed by atoms with van der Waals surface area (Å²) >= 11 is 0. The standard InChI is InChI=1S/C20H22N2O3/c1-14(23)21-20(17-9-11-18(12-10-17)22(2)3)16-7-4-15(5-8-16)6-13-19(24)25/h4-13,20H,1-3H3,(H,21,23)(H,24,25)/b13-6+. The maximum Gasteiger partial charge on any atom is 0.328 e. The van der Waals surface area contributed by atoms with Crippen molar-refractivity contribution in [2.75, 3.05) is 19.0 Å². The molecule has 0 heterocycles. The number of anilines is 1. The summed E-state index contributed by atoms with van der Waals surface area (Å²) in [6.45, 7) is 1.49. The van der Waals surface area contributed by atoms with Crippen molar-refractivity contribution in [2.45, 2.75) is 13.0 Å². The maximum absolute atomic E-state index is 11.6. The molecule has 2 rings (SSSR count). The molecular weight excluding hydrogens is 316 g/mol. The van der Waals surface area contributed by atoms with Crippen LogP contribution < -0.4 is 10.2 Å². The Morgan fingerprint density at radius 3 is 1.96 bits per heavy atom. The lowest BCUT2D eigenvalue weighted by Gasteiger charge is -2.20. The number of carbonyl (C=O) groups excluding carboxylic acids is 1. The fourth-order valence-electron chi connectivity index (χ4n) is 2.49. The number of amides is 1. The normalized spacial score (nSPS) is 12.0. The molecule has 2 N–H and O–H groups in total. The van der Waals surface area contributed by atoms with Gasteiger partial charge in [0.05, 0.1) is 6.04 Å². The van der Waals surface area contributed by atoms with Gasteiger partial charge in [-0.25, -0.2) is 4.79 Å². The van der Waals surface area contributed by atoms with Crippen LogP contribution in [0.4, 0.5) is 5.69 Å². The van der Waals surface area contributed by atoms with Gasteiger partial charge in [-0.15, -0.1) is 0 Å². The number of carboxylic acid groups (broad SMARTS) is 1. The van der Waals surface area contributed by atoms with E-state index >= 15 is 0 Å². The summed E-state index contributed by atoms with van der Waals surface area (Å²) in [5, 5.41) is 11.7. The van der Waals surface area contributed by atoms with Gasteiger partial charge in [-0.2, -0.15) is 0 Å². The van der Waals surface area contributed by atoms with Gasteiger partial charge in [0.15, 0.2) is 0 Å². The molecule has 0 saturated carbocycles. The lowest BCUT2D eigenvalue weighted by Crippen LogP contribution is -2.26. The monoisotopic (exact) mass is 338 g/mol. The molecule has 25 heavy (non-hydrogen) atoms. The average molecular weight is 338 g/mol. The minimum absolute atomic E-state index is 0.114. The minimum Gasteiger partial charge on any atom is -0.478 e. The van der Waals surface area contributed by atoms with Gasteiger partial charge < -0.3 is 15.3 Å². The SMILES string of the molecule is CC(=O)NC(c1ccc(/C=C/C(=O)O)cc1)c1ccc(N(C)C)cc1. The summed E-state index contributed by atoms with van der Waals surface area (Å²) in [5.41, 5.74) is 3.78. The molecule has 2 aromatic rings. The van der Waals surface area contributed by atoms with Crippen molar-refractivity contribution < 1.29 is 14.7 Å². The number of hydrogen-bond acceptors (Lipinski definition) is 3. The third-order valence-electron chi connectivity index (χ3n) is 3.78. The molecule has 0 bridgehead atoms. The fraction of sp³-hybridized carbons (Fsp3) is 0.200. The number of benzene rings is 2. The van der Waals surface area contributed by atoms with E-state index in [1.54, 1.807) is 0 Å². The maximum atomic E-state index is 11.6. The van der Waals surface area contributed by atoms with Gasteiger partial charge in [0.2, 0.25) is 5.91 Å². The van der Waals surface area contributed by atoms with Crippen molar-refractivity contribution in [1.29, 1.82) is 0 Å². The van der Waals surface area contributed by atoms with Crippen LogP contribution >= 0.6 is 0 Å².